The zero-order valence-corrected chi connectivity index (χ0v) is 17.2. The molecule has 0 radical (unpaired) electrons. The summed E-state index contributed by atoms with van der Waals surface area (Å²) in [6.07, 6.45) is 1.53. The lowest BCUT2D eigenvalue weighted by molar-refractivity contribution is -0.129. The maximum atomic E-state index is 13.1. The van der Waals surface area contributed by atoms with E-state index in [0.29, 0.717) is 17.0 Å². The van der Waals surface area contributed by atoms with Crippen LogP contribution in [0.25, 0.3) is 6.08 Å². The number of amides is 4. The number of rotatable bonds is 7. The quantitative estimate of drug-likeness (QED) is 0.518. The predicted molar refractivity (Wildman–Crippen MR) is 113 cm³/mol. The third-order valence-corrected chi connectivity index (χ3v) is 4.43. The fraction of sp³-hybridized carbons (Fsp3) is 0.261. The summed E-state index contributed by atoms with van der Waals surface area (Å²) < 4.78 is 10.6. The SMILES string of the molecule is COCCN1C(=O)/C(=C/c2ccc(OC(C)C)cc2)C(=O)N(c2ccccc2)C1=O. The topological polar surface area (TPSA) is 76.2 Å². The standard InChI is InChI=1S/C23H24N2O5/c1-16(2)30-19-11-9-17(10-12-19)15-20-21(26)24(13-14-29-3)23(28)25(22(20)27)18-7-5-4-6-8-18/h4-12,15-16H,13-14H2,1-3H3/b20-15-. The Hall–Kier alpha value is -3.45. The average Bonchev–Trinajstić information content (AvgIpc) is 2.73. The molecule has 1 saturated heterocycles. The minimum Gasteiger partial charge on any atom is -0.491 e. The molecule has 2 aromatic rings. The van der Waals surface area contributed by atoms with Crippen molar-refractivity contribution in [2.45, 2.75) is 20.0 Å². The second kappa shape index (κ2) is 9.37. The molecule has 0 aromatic heterocycles. The molecular formula is C23H24N2O5. The number of imide groups is 2. The van der Waals surface area contributed by atoms with Crippen LogP contribution in [-0.4, -0.2) is 49.1 Å². The number of ether oxygens (including phenoxy) is 2. The molecule has 0 atom stereocenters. The van der Waals surface area contributed by atoms with Crippen LogP contribution in [0.15, 0.2) is 60.2 Å². The Morgan fingerprint density at radius 1 is 0.933 bits per heavy atom. The highest BCUT2D eigenvalue weighted by Crippen LogP contribution is 2.26. The van der Waals surface area contributed by atoms with Gasteiger partial charge in [-0.2, -0.15) is 0 Å². The van der Waals surface area contributed by atoms with Gasteiger partial charge >= 0.3 is 6.03 Å². The van der Waals surface area contributed by atoms with Crippen LogP contribution in [-0.2, 0) is 14.3 Å². The average molecular weight is 408 g/mol. The van der Waals surface area contributed by atoms with Crippen LogP contribution < -0.4 is 9.64 Å². The molecule has 0 spiro atoms. The number of urea groups is 1. The first kappa shape index (κ1) is 21.3. The molecule has 0 saturated carbocycles. The van der Waals surface area contributed by atoms with Gasteiger partial charge in [0.05, 0.1) is 24.9 Å². The minimum absolute atomic E-state index is 0.0375. The zero-order valence-electron chi connectivity index (χ0n) is 17.2. The van der Waals surface area contributed by atoms with E-state index in [0.717, 1.165) is 9.80 Å². The van der Waals surface area contributed by atoms with E-state index in [9.17, 15) is 14.4 Å². The Labute approximate surface area is 175 Å². The van der Waals surface area contributed by atoms with Crippen molar-refractivity contribution >= 4 is 29.6 Å². The van der Waals surface area contributed by atoms with Gasteiger partial charge in [0, 0.05) is 7.11 Å². The summed E-state index contributed by atoms with van der Waals surface area (Å²) in [6, 6.07) is 14.9. The van der Waals surface area contributed by atoms with E-state index < -0.39 is 17.8 Å². The summed E-state index contributed by atoms with van der Waals surface area (Å²) in [6.45, 7) is 4.07. The van der Waals surface area contributed by atoms with Gasteiger partial charge in [0.1, 0.15) is 11.3 Å². The van der Waals surface area contributed by atoms with Gasteiger partial charge in [0.2, 0.25) is 0 Å². The van der Waals surface area contributed by atoms with Crippen molar-refractivity contribution < 1.29 is 23.9 Å². The maximum absolute atomic E-state index is 13.1. The summed E-state index contributed by atoms with van der Waals surface area (Å²) in [5, 5.41) is 0. The predicted octanol–water partition coefficient (Wildman–Crippen LogP) is 3.50. The number of methoxy groups -OCH3 is 1. The van der Waals surface area contributed by atoms with Gasteiger partial charge in [-0.1, -0.05) is 30.3 Å². The van der Waals surface area contributed by atoms with Gasteiger partial charge in [-0.3, -0.25) is 14.5 Å². The number of barbiturate groups is 1. The molecular weight excluding hydrogens is 384 g/mol. The Kier molecular flexibility index (Phi) is 6.64. The minimum atomic E-state index is -0.689. The lowest BCUT2D eigenvalue weighted by Crippen LogP contribution is -2.57. The molecule has 1 aliphatic rings. The number of para-hydroxylation sites is 1. The summed E-state index contributed by atoms with van der Waals surface area (Å²) in [5.41, 5.74) is 0.956. The molecule has 2 aromatic carbocycles. The molecule has 7 nitrogen and oxygen atoms in total. The van der Waals surface area contributed by atoms with Crippen molar-refractivity contribution in [1.82, 2.24) is 4.90 Å². The van der Waals surface area contributed by atoms with Crippen molar-refractivity contribution in [3.05, 3.63) is 65.7 Å². The van der Waals surface area contributed by atoms with E-state index in [4.69, 9.17) is 9.47 Å². The number of nitrogens with zero attached hydrogens (tertiary/aromatic N) is 2. The summed E-state index contributed by atoms with van der Waals surface area (Å²) in [5.74, 6) is -0.611. The fourth-order valence-corrected chi connectivity index (χ4v) is 3.04. The molecule has 1 heterocycles. The van der Waals surface area contributed by atoms with Gasteiger partial charge in [0.15, 0.2) is 0 Å². The number of hydrogen-bond donors (Lipinski definition) is 0. The molecule has 0 aliphatic carbocycles. The molecule has 0 bridgehead atoms. The summed E-state index contributed by atoms with van der Waals surface area (Å²) in [7, 11) is 1.48. The first-order valence-corrected chi connectivity index (χ1v) is 9.65. The van der Waals surface area contributed by atoms with E-state index in [2.05, 4.69) is 0 Å². The maximum Gasteiger partial charge on any atom is 0.338 e. The van der Waals surface area contributed by atoms with Crippen molar-refractivity contribution in [3.63, 3.8) is 0 Å². The van der Waals surface area contributed by atoms with Crippen LogP contribution in [0.3, 0.4) is 0 Å². The fourth-order valence-electron chi connectivity index (χ4n) is 3.04. The molecule has 0 N–H and O–H groups in total. The molecule has 4 amide bonds. The number of carbonyl (C=O) groups is 3. The van der Waals surface area contributed by atoms with E-state index in [1.807, 2.05) is 13.8 Å². The lowest BCUT2D eigenvalue weighted by Gasteiger charge is -2.33. The van der Waals surface area contributed by atoms with Crippen LogP contribution in [0.5, 0.6) is 5.75 Å². The van der Waals surface area contributed by atoms with Crippen LogP contribution in [0, 0.1) is 0 Å². The van der Waals surface area contributed by atoms with Crippen molar-refractivity contribution in [2.75, 3.05) is 25.2 Å². The van der Waals surface area contributed by atoms with Crippen LogP contribution in [0.1, 0.15) is 19.4 Å². The second-order valence-electron chi connectivity index (χ2n) is 7.00. The van der Waals surface area contributed by atoms with Gasteiger partial charge in [-0.25, -0.2) is 9.69 Å². The molecule has 3 rings (SSSR count). The normalized spacial score (nSPS) is 16.0. The van der Waals surface area contributed by atoms with E-state index in [1.54, 1.807) is 54.6 Å². The smallest absolute Gasteiger partial charge is 0.338 e. The molecule has 1 aliphatic heterocycles. The van der Waals surface area contributed by atoms with Crippen LogP contribution in [0.2, 0.25) is 0 Å². The number of anilines is 1. The highest BCUT2D eigenvalue weighted by molar-refractivity contribution is 6.39. The van der Waals surface area contributed by atoms with E-state index >= 15 is 0 Å². The molecule has 7 heteroatoms. The Bertz CT molecular complexity index is 951. The lowest BCUT2D eigenvalue weighted by atomic mass is 10.1. The van der Waals surface area contributed by atoms with E-state index in [1.165, 1.54) is 13.2 Å². The third-order valence-electron chi connectivity index (χ3n) is 4.43. The highest BCUT2D eigenvalue weighted by atomic mass is 16.5. The van der Waals surface area contributed by atoms with Crippen LogP contribution >= 0.6 is 0 Å². The largest absolute Gasteiger partial charge is 0.491 e. The van der Waals surface area contributed by atoms with Crippen molar-refractivity contribution in [3.8, 4) is 5.75 Å². The van der Waals surface area contributed by atoms with Gasteiger partial charge in [0.25, 0.3) is 11.8 Å². The second-order valence-corrected chi connectivity index (χ2v) is 7.00. The van der Waals surface area contributed by atoms with Gasteiger partial charge in [-0.05, 0) is 49.8 Å². The monoisotopic (exact) mass is 408 g/mol. The first-order valence-electron chi connectivity index (χ1n) is 9.65. The Morgan fingerprint density at radius 2 is 1.60 bits per heavy atom. The Morgan fingerprint density at radius 3 is 2.20 bits per heavy atom. The van der Waals surface area contributed by atoms with Crippen LogP contribution in [0.4, 0.5) is 10.5 Å². The summed E-state index contributed by atoms with van der Waals surface area (Å²) >= 11 is 0. The number of hydrogen-bond acceptors (Lipinski definition) is 5. The number of benzene rings is 2. The number of carbonyl (C=O) groups excluding carboxylic acids is 3. The van der Waals surface area contributed by atoms with Gasteiger partial charge < -0.3 is 9.47 Å². The Balaban J connectivity index is 1.98. The zero-order chi connectivity index (χ0) is 21.7. The first-order chi connectivity index (χ1) is 14.4. The molecule has 1 fully saturated rings. The van der Waals surface area contributed by atoms with Gasteiger partial charge in [-0.15, -0.1) is 0 Å². The van der Waals surface area contributed by atoms with Crippen molar-refractivity contribution in [2.24, 2.45) is 0 Å². The van der Waals surface area contributed by atoms with E-state index in [-0.39, 0.29) is 24.8 Å². The van der Waals surface area contributed by atoms with Crippen molar-refractivity contribution in [1.29, 1.82) is 0 Å². The molecule has 156 valence electrons. The summed E-state index contributed by atoms with van der Waals surface area (Å²) in [4.78, 5) is 41.0. The molecule has 30 heavy (non-hydrogen) atoms. The highest BCUT2D eigenvalue weighted by Gasteiger charge is 2.42. The third kappa shape index (κ3) is 4.58. The molecule has 0 unspecified atom stereocenters.